The quantitative estimate of drug-likeness (QED) is 0.391. The van der Waals surface area contributed by atoms with Gasteiger partial charge in [-0.15, -0.1) is 0 Å². The lowest BCUT2D eigenvalue weighted by Gasteiger charge is -2.44. The van der Waals surface area contributed by atoms with Crippen LogP contribution in [-0.4, -0.2) is 119 Å². The summed E-state index contributed by atoms with van der Waals surface area (Å²) in [6, 6.07) is 4.79. The van der Waals surface area contributed by atoms with Gasteiger partial charge in [0.25, 0.3) is 0 Å². The van der Waals surface area contributed by atoms with E-state index in [0.717, 1.165) is 45.4 Å². The van der Waals surface area contributed by atoms with Crippen molar-refractivity contribution in [3.05, 3.63) is 23.3 Å². The van der Waals surface area contributed by atoms with E-state index in [1.54, 1.807) is 40.1 Å². The van der Waals surface area contributed by atoms with Crippen molar-refractivity contribution >= 4 is 15.9 Å². The summed E-state index contributed by atoms with van der Waals surface area (Å²) in [6.07, 6.45) is 4.35. The molecule has 1 amide bonds. The third kappa shape index (κ3) is 7.47. The fraction of sp³-hybridized carbons (Fsp3) is 0.750. The van der Waals surface area contributed by atoms with Gasteiger partial charge in [0.1, 0.15) is 12.4 Å². The Kier molecular flexibility index (Phi) is 11.0. The van der Waals surface area contributed by atoms with Gasteiger partial charge in [0, 0.05) is 64.9 Å². The summed E-state index contributed by atoms with van der Waals surface area (Å²) < 4.78 is 38.5. The van der Waals surface area contributed by atoms with Crippen LogP contribution in [0.15, 0.2) is 17.0 Å². The molecule has 10 heteroatoms. The molecule has 2 atom stereocenters. The van der Waals surface area contributed by atoms with E-state index in [1.807, 2.05) is 11.9 Å². The SMILES string of the molecule is COc1cc(C)c(S(=O)(=O)N(C)CCOCC(=O)N(C)[C@@H]2CCC[C@H](N3CCN(C(C)C)CC3)C2)c(C)c1. The number of carbonyl (C=O) groups excluding carboxylic acids is 1. The minimum Gasteiger partial charge on any atom is -0.497 e. The lowest BCUT2D eigenvalue weighted by Crippen LogP contribution is -2.54. The molecule has 1 heterocycles. The number of ether oxygens (including phenoxy) is 2. The first-order valence-corrected chi connectivity index (χ1v) is 15.3. The van der Waals surface area contributed by atoms with Crippen molar-refractivity contribution in [3.63, 3.8) is 0 Å². The minimum absolute atomic E-state index is 0.0425. The van der Waals surface area contributed by atoms with Crippen LogP contribution in [0.25, 0.3) is 0 Å². The Hall–Kier alpha value is -1.72. The number of piperazine rings is 1. The van der Waals surface area contributed by atoms with E-state index < -0.39 is 10.0 Å². The second kappa shape index (κ2) is 13.6. The van der Waals surface area contributed by atoms with Crippen LogP contribution in [0.5, 0.6) is 5.75 Å². The second-order valence-electron chi connectivity index (χ2n) is 11.1. The monoisotopic (exact) mass is 552 g/mol. The van der Waals surface area contributed by atoms with E-state index in [0.29, 0.717) is 29.0 Å². The molecule has 0 unspecified atom stereocenters. The standard InChI is InChI=1S/C28H48N4O5S/c1-21(2)31-11-13-32(14-12-31)25-10-8-9-24(19-25)30(6)27(33)20-37-16-15-29(5)38(34,35)28-22(3)17-26(36-7)18-23(28)4/h17-18,21,24-25H,8-16,19-20H2,1-7H3/t24-,25+/m1/s1. The predicted octanol–water partition coefficient (Wildman–Crippen LogP) is 2.74. The Balaban J connectivity index is 1.45. The number of carbonyl (C=O) groups is 1. The largest absolute Gasteiger partial charge is 0.497 e. The Labute approximate surface area is 230 Å². The van der Waals surface area contributed by atoms with E-state index in [2.05, 4.69) is 23.6 Å². The van der Waals surface area contributed by atoms with Gasteiger partial charge < -0.3 is 14.4 Å². The maximum Gasteiger partial charge on any atom is 0.248 e. The summed E-state index contributed by atoms with van der Waals surface area (Å²) >= 11 is 0. The molecule has 2 fully saturated rings. The number of hydrogen-bond acceptors (Lipinski definition) is 7. The lowest BCUT2D eigenvalue weighted by molar-refractivity contribution is -0.138. The van der Waals surface area contributed by atoms with E-state index in [4.69, 9.17) is 9.47 Å². The van der Waals surface area contributed by atoms with Crippen molar-refractivity contribution in [2.45, 2.75) is 76.4 Å². The number of benzene rings is 1. The molecule has 216 valence electrons. The zero-order valence-electron chi connectivity index (χ0n) is 24.4. The third-order valence-electron chi connectivity index (χ3n) is 8.27. The summed E-state index contributed by atoms with van der Waals surface area (Å²) in [5.41, 5.74) is 1.28. The maximum absolute atomic E-state index is 13.2. The molecule has 1 aromatic rings. The summed E-state index contributed by atoms with van der Waals surface area (Å²) in [6.45, 7) is 12.8. The van der Waals surface area contributed by atoms with E-state index in [9.17, 15) is 13.2 Å². The Morgan fingerprint density at radius 1 is 1.08 bits per heavy atom. The van der Waals surface area contributed by atoms with Crippen molar-refractivity contribution < 1.29 is 22.7 Å². The van der Waals surface area contributed by atoms with Gasteiger partial charge in [-0.2, -0.15) is 4.31 Å². The molecule has 3 rings (SSSR count). The van der Waals surface area contributed by atoms with Crippen LogP contribution in [0.4, 0.5) is 0 Å². The third-order valence-corrected chi connectivity index (χ3v) is 10.4. The van der Waals surface area contributed by atoms with Gasteiger partial charge in [-0.25, -0.2) is 8.42 Å². The highest BCUT2D eigenvalue weighted by molar-refractivity contribution is 7.89. The highest BCUT2D eigenvalue weighted by atomic mass is 32.2. The van der Waals surface area contributed by atoms with Crippen molar-refractivity contribution in [1.82, 2.24) is 19.0 Å². The molecule has 1 saturated heterocycles. The minimum atomic E-state index is -3.69. The van der Waals surface area contributed by atoms with Crippen molar-refractivity contribution in [2.24, 2.45) is 0 Å². The summed E-state index contributed by atoms with van der Waals surface area (Å²) in [5.74, 6) is 0.582. The number of nitrogens with zero attached hydrogens (tertiary/aromatic N) is 4. The fourth-order valence-corrected chi connectivity index (χ4v) is 7.37. The highest BCUT2D eigenvalue weighted by Gasteiger charge is 2.32. The molecule has 0 N–H and O–H groups in total. The van der Waals surface area contributed by atoms with E-state index in [-0.39, 0.29) is 36.6 Å². The molecule has 1 aliphatic carbocycles. The van der Waals surface area contributed by atoms with Gasteiger partial charge in [-0.1, -0.05) is 0 Å². The molecule has 1 aliphatic heterocycles. The maximum atomic E-state index is 13.2. The van der Waals surface area contributed by atoms with Gasteiger partial charge in [0.05, 0.1) is 18.6 Å². The van der Waals surface area contributed by atoms with Gasteiger partial charge >= 0.3 is 0 Å². The summed E-state index contributed by atoms with van der Waals surface area (Å²) in [5, 5.41) is 0. The molecular weight excluding hydrogens is 504 g/mol. The van der Waals surface area contributed by atoms with Crippen molar-refractivity contribution in [3.8, 4) is 5.75 Å². The number of sulfonamides is 1. The van der Waals surface area contributed by atoms with Crippen molar-refractivity contribution in [2.75, 3.05) is 67.1 Å². The summed E-state index contributed by atoms with van der Waals surface area (Å²) in [7, 11) is 1.29. The van der Waals surface area contributed by atoms with Crippen LogP contribution >= 0.6 is 0 Å². The first-order chi connectivity index (χ1) is 17.9. The van der Waals surface area contributed by atoms with Gasteiger partial charge in [-0.05, 0) is 76.6 Å². The smallest absolute Gasteiger partial charge is 0.248 e. The zero-order valence-corrected chi connectivity index (χ0v) is 25.2. The fourth-order valence-electron chi connectivity index (χ4n) is 5.81. The molecule has 38 heavy (non-hydrogen) atoms. The van der Waals surface area contributed by atoms with Crippen LogP contribution < -0.4 is 4.74 Å². The van der Waals surface area contributed by atoms with E-state index in [1.165, 1.54) is 10.7 Å². The number of methoxy groups -OCH3 is 1. The zero-order chi connectivity index (χ0) is 28.0. The van der Waals surface area contributed by atoms with Gasteiger partial charge in [0.2, 0.25) is 15.9 Å². The number of amides is 1. The Morgan fingerprint density at radius 3 is 2.29 bits per heavy atom. The molecule has 9 nitrogen and oxygen atoms in total. The molecule has 0 radical (unpaired) electrons. The summed E-state index contributed by atoms with van der Waals surface area (Å²) in [4.78, 5) is 20.2. The number of likely N-dealkylation sites (N-methyl/N-ethyl adjacent to an activating group) is 2. The number of hydrogen-bond donors (Lipinski definition) is 0. The predicted molar refractivity (Wildman–Crippen MR) is 150 cm³/mol. The topological polar surface area (TPSA) is 82.6 Å². The average molecular weight is 553 g/mol. The molecule has 0 aromatic heterocycles. The molecule has 1 saturated carbocycles. The first-order valence-electron chi connectivity index (χ1n) is 13.9. The van der Waals surface area contributed by atoms with Crippen LogP contribution in [0.2, 0.25) is 0 Å². The van der Waals surface area contributed by atoms with Crippen LogP contribution in [0.1, 0.15) is 50.7 Å². The van der Waals surface area contributed by atoms with Crippen molar-refractivity contribution in [1.29, 1.82) is 0 Å². The molecule has 0 spiro atoms. The molecule has 2 aliphatic rings. The average Bonchev–Trinajstić information content (AvgIpc) is 2.89. The van der Waals surface area contributed by atoms with Gasteiger partial charge in [-0.3, -0.25) is 14.6 Å². The van der Waals surface area contributed by atoms with Crippen LogP contribution in [-0.2, 0) is 19.6 Å². The molecular formula is C28H48N4O5S. The molecule has 1 aromatic carbocycles. The van der Waals surface area contributed by atoms with Crippen LogP contribution in [0.3, 0.4) is 0 Å². The lowest BCUT2D eigenvalue weighted by atomic mass is 9.88. The van der Waals surface area contributed by atoms with Gasteiger partial charge in [0.15, 0.2) is 0 Å². The normalized spacial score (nSPS) is 21.7. The first kappa shape index (κ1) is 30.8. The highest BCUT2D eigenvalue weighted by Crippen LogP contribution is 2.29. The Bertz CT molecular complexity index is 1020. The Morgan fingerprint density at radius 2 is 1.71 bits per heavy atom. The number of rotatable bonds is 11. The van der Waals surface area contributed by atoms with E-state index >= 15 is 0 Å². The number of aryl methyl sites for hydroxylation is 2. The van der Waals surface area contributed by atoms with Crippen LogP contribution in [0, 0.1) is 13.8 Å². The second-order valence-corrected chi connectivity index (χ2v) is 13.1. The molecule has 0 bridgehead atoms.